The molecule has 2 aromatic rings. The van der Waals surface area contributed by atoms with Crippen LogP contribution in [0.15, 0.2) is 52.3 Å². The number of hydrogen-bond donors (Lipinski definition) is 2. The van der Waals surface area contributed by atoms with E-state index in [4.69, 9.17) is 0 Å². The van der Waals surface area contributed by atoms with Crippen molar-refractivity contribution in [3.8, 4) is 0 Å². The van der Waals surface area contributed by atoms with Gasteiger partial charge in [-0.2, -0.15) is 0 Å². The summed E-state index contributed by atoms with van der Waals surface area (Å²) >= 11 is 1.51. The fraction of sp³-hybridized carbons (Fsp3) is 0.300. The Balaban J connectivity index is 1.68. The van der Waals surface area contributed by atoms with E-state index in [9.17, 15) is 18.0 Å². The number of nitrogens with one attached hydrogen (secondary N) is 2. The fourth-order valence-electron chi connectivity index (χ4n) is 2.90. The number of hydrogen-bond acceptors (Lipinski definition) is 5. The number of carbonyl (C=O) groups excluding carboxylic acids is 2. The molecule has 6 nitrogen and oxygen atoms in total. The third-order valence-corrected chi connectivity index (χ3v) is 7.23. The number of rotatable bonds is 6. The first kappa shape index (κ1) is 20.4. The number of benzene rings is 2. The number of anilines is 2. The molecular weight excluding hydrogens is 396 g/mol. The maximum atomic E-state index is 12.7. The molecule has 3 rings (SSSR count). The van der Waals surface area contributed by atoms with Gasteiger partial charge in [0.25, 0.3) is 0 Å². The summed E-state index contributed by atoms with van der Waals surface area (Å²) in [6.45, 7) is 1.99. The van der Waals surface area contributed by atoms with Gasteiger partial charge in [-0.1, -0.05) is 25.1 Å². The molecular formula is C20H22N2O4S2. The Morgan fingerprint density at radius 3 is 2.79 bits per heavy atom. The number of sulfone groups is 1. The summed E-state index contributed by atoms with van der Waals surface area (Å²) in [7, 11) is -3.65. The minimum atomic E-state index is -3.65. The Labute approximate surface area is 169 Å². The van der Waals surface area contributed by atoms with Crippen molar-refractivity contribution in [2.45, 2.75) is 36.0 Å². The normalized spacial score (nSPS) is 14.0. The first-order valence-corrected chi connectivity index (χ1v) is 11.7. The number of fused-ring (bicyclic) bond motifs is 1. The molecule has 8 heteroatoms. The molecule has 2 amide bonds. The molecule has 0 saturated carbocycles. The maximum absolute atomic E-state index is 12.7. The van der Waals surface area contributed by atoms with Gasteiger partial charge in [0.2, 0.25) is 11.8 Å². The summed E-state index contributed by atoms with van der Waals surface area (Å²) in [5, 5.41) is 5.53. The molecule has 0 fully saturated rings. The first-order chi connectivity index (χ1) is 13.4. The maximum Gasteiger partial charge on any atom is 0.225 e. The second-order valence-corrected chi connectivity index (χ2v) is 9.68. The predicted molar refractivity (Wildman–Crippen MR) is 112 cm³/mol. The molecule has 148 valence electrons. The summed E-state index contributed by atoms with van der Waals surface area (Å²) in [4.78, 5) is 24.9. The lowest BCUT2D eigenvalue weighted by Gasteiger charge is -2.11. The van der Waals surface area contributed by atoms with E-state index in [1.165, 1.54) is 23.9 Å². The van der Waals surface area contributed by atoms with E-state index in [0.29, 0.717) is 23.5 Å². The number of thioether (sulfide) groups is 1. The lowest BCUT2D eigenvalue weighted by atomic mass is 10.1. The molecule has 0 unspecified atom stereocenters. The number of para-hydroxylation sites is 1. The van der Waals surface area contributed by atoms with Gasteiger partial charge in [0.1, 0.15) is 0 Å². The highest BCUT2D eigenvalue weighted by Gasteiger charge is 2.20. The highest BCUT2D eigenvalue weighted by molar-refractivity contribution is 7.99. The van der Waals surface area contributed by atoms with Crippen molar-refractivity contribution in [2.24, 2.45) is 0 Å². The van der Waals surface area contributed by atoms with Crippen LogP contribution in [0.2, 0.25) is 0 Å². The zero-order valence-corrected chi connectivity index (χ0v) is 17.2. The summed E-state index contributed by atoms with van der Waals surface area (Å²) in [6, 6.07) is 12.2. The SMILES string of the molecule is CCc1ccccc1NC(=O)CCS(=O)(=O)c1ccc2c(c1)NC(=O)CCS2. The summed E-state index contributed by atoms with van der Waals surface area (Å²) < 4.78 is 25.3. The molecule has 0 saturated heterocycles. The minimum absolute atomic E-state index is 0.107. The Morgan fingerprint density at radius 1 is 1.21 bits per heavy atom. The number of amides is 2. The van der Waals surface area contributed by atoms with Crippen LogP contribution < -0.4 is 10.6 Å². The summed E-state index contributed by atoms with van der Waals surface area (Å²) in [5.41, 5.74) is 2.21. The molecule has 28 heavy (non-hydrogen) atoms. The Bertz CT molecular complexity index is 1000. The van der Waals surface area contributed by atoms with Gasteiger partial charge in [-0.05, 0) is 36.2 Å². The second-order valence-electron chi connectivity index (χ2n) is 6.43. The third kappa shape index (κ3) is 4.94. The van der Waals surface area contributed by atoms with Gasteiger partial charge >= 0.3 is 0 Å². The van der Waals surface area contributed by atoms with E-state index in [-0.39, 0.29) is 28.9 Å². The van der Waals surface area contributed by atoms with E-state index in [0.717, 1.165) is 16.9 Å². The molecule has 0 aromatic heterocycles. The largest absolute Gasteiger partial charge is 0.326 e. The van der Waals surface area contributed by atoms with Crippen LogP contribution in [0, 0.1) is 0 Å². The molecule has 0 aliphatic carbocycles. The lowest BCUT2D eigenvalue weighted by Crippen LogP contribution is -2.18. The van der Waals surface area contributed by atoms with Crippen molar-refractivity contribution in [2.75, 3.05) is 22.1 Å². The summed E-state index contributed by atoms with van der Waals surface area (Å²) in [6.07, 6.45) is 1.02. The Morgan fingerprint density at radius 2 is 2.00 bits per heavy atom. The number of aryl methyl sites for hydroxylation is 1. The van der Waals surface area contributed by atoms with Crippen LogP contribution in [0.5, 0.6) is 0 Å². The van der Waals surface area contributed by atoms with Crippen LogP contribution in [-0.4, -0.2) is 31.7 Å². The molecule has 0 atom stereocenters. The second kappa shape index (κ2) is 8.79. The highest BCUT2D eigenvalue weighted by atomic mass is 32.2. The zero-order chi connectivity index (χ0) is 20.1. The van der Waals surface area contributed by atoms with E-state index in [1.54, 1.807) is 12.1 Å². The fourth-order valence-corrected chi connectivity index (χ4v) is 5.10. The molecule has 0 bridgehead atoms. The topological polar surface area (TPSA) is 92.3 Å². The Hall–Kier alpha value is -2.32. The van der Waals surface area contributed by atoms with Gasteiger partial charge in [0.05, 0.1) is 16.3 Å². The zero-order valence-electron chi connectivity index (χ0n) is 15.5. The first-order valence-electron chi connectivity index (χ1n) is 9.06. The van der Waals surface area contributed by atoms with Crippen LogP contribution in [0.25, 0.3) is 0 Å². The van der Waals surface area contributed by atoms with Gasteiger partial charge in [-0.15, -0.1) is 11.8 Å². The van der Waals surface area contributed by atoms with Crippen LogP contribution in [0.4, 0.5) is 11.4 Å². The van der Waals surface area contributed by atoms with Crippen molar-refractivity contribution in [3.05, 3.63) is 48.0 Å². The third-order valence-electron chi connectivity index (χ3n) is 4.44. The van der Waals surface area contributed by atoms with Crippen molar-refractivity contribution >= 4 is 44.8 Å². The van der Waals surface area contributed by atoms with Crippen molar-refractivity contribution in [1.82, 2.24) is 0 Å². The smallest absolute Gasteiger partial charge is 0.225 e. The lowest BCUT2D eigenvalue weighted by molar-refractivity contribution is -0.116. The van der Waals surface area contributed by atoms with Gasteiger partial charge in [-0.25, -0.2) is 8.42 Å². The Kier molecular flexibility index (Phi) is 6.41. The van der Waals surface area contributed by atoms with Gasteiger partial charge in [0, 0.05) is 29.2 Å². The van der Waals surface area contributed by atoms with Gasteiger partial charge < -0.3 is 10.6 Å². The molecule has 0 spiro atoms. The van der Waals surface area contributed by atoms with Gasteiger partial charge in [0.15, 0.2) is 9.84 Å². The van der Waals surface area contributed by atoms with E-state index < -0.39 is 9.84 Å². The van der Waals surface area contributed by atoms with Crippen molar-refractivity contribution in [3.63, 3.8) is 0 Å². The highest BCUT2D eigenvalue weighted by Crippen LogP contribution is 2.33. The van der Waals surface area contributed by atoms with E-state index in [1.807, 2.05) is 25.1 Å². The molecule has 2 aromatic carbocycles. The average Bonchev–Trinajstić information content (AvgIpc) is 2.86. The monoisotopic (exact) mass is 418 g/mol. The molecule has 1 heterocycles. The molecule has 1 aliphatic rings. The van der Waals surface area contributed by atoms with Crippen LogP contribution >= 0.6 is 11.8 Å². The predicted octanol–water partition coefficient (Wildman–Crippen LogP) is 3.49. The summed E-state index contributed by atoms with van der Waals surface area (Å²) in [5.74, 6) is -0.116. The quantitative estimate of drug-likeness (QED) is 0.749. The molecule has 2 N–H and O–H groups in total. The van der Waals surface area contributed by atoms with E-state index >= 15 is 0 Å². The molecule has 1 aliphatic heterocycles. The van der Waals surface area contributed by atoms with E-state index in [2.05, 4.69) is 10.6 Å². The van der Waals surface area contributed by atoms with Gasteiger partial charge in [-0.3, -0.25) is 9.59 Å². The van der Waals surface area contributed by atoms with Crippen molar-refractivity contribution in [1.29, 1.82) is 0 Å². The van der Waals surface area contributed by atoms with Crippen molar-refractivity contribution < 1.29 is 18.0 Å². The standard InChI is InChI=1S/C20H22N2O4S2/c1-2-14-5-3-4-6-16(14)21-20(24)10-12-28(25,26)15-7-8-18-17(13-15)22-19(23)9-11-27-18/h3-8,13H,2,9-12H2,1H3,(H,21,24)(H,22,23). The van der Waals surface area contributed by atoms with Crippen LogP contribution in [0.1, 0.15) is 25.3 Å². The molecule has 0 radical (unpaired) electrons. The minimum Gasteiger partial charge on any atom is -0.326 e. The average molecular weight is 419 g/mol. The van der Waals surface area contributed by atoms with Crippen LogP contribution in [0.3, 0.4) is 0 Å². The number of carbonyl (C=O) groups is 2. The van der Waals surface area contributed by atoms with Crippen LogP contribution in [-0.2, 0) is 25.8 Å².